The Balaban J connectivity index is 1.90. The fourth-order valence-corrected chi connectivity index (χ4v) is 3.75. The van der Waals surface area contributed by atoms with Crippen molar-refractivity contribution in [2.24, 2.45) is 4.99 Å². The minimum atomic E-state index is -0.102. The van der Waals surface area contributed by atoms with E-state index in [1.54, 1.807) is 30.2 Å². The lowest BCUT2D eigenvalue weighted by Crippen LogP contribution is -2.30. The first-order valence-electron chi connectivity index (χ1n) is 8.41. The number of hydrogen-bond donors (Lipinski definition) is 1. The Labute approximate surface area is 167 Å². The third-order valence-electron chi connectivity index (χ3n) is 3.87. The van der Waals surface area contributed by atoms with E-state index in [0.29, 0.717) is 23.2 Å². The molecule has 1 aliphatic rings. The smallest absolute Gasteiger partial charge is 0.266 e. The molecule has 0 radical (unpaired) electrons. The predicted octanol–water partition coefficient (Wildman–Crippen LogP) is 4.69. The number of rotatable bonds is 6. The highest BCUT2D eigenvalue weighted by molar-refractivity contribution is 8.18. The molecular weight excluding hydrogens is 384 g/mol. The Bertz CT molecular complexity index is 884. The molecule has 2 aromatic rings. The molecule has 5 nitrogen and oxygen atoms in total. The summed E-state index contributed by atoms with van der Waals surface area (Å²) < 4.78 is 5.10. The largest absolute Gasteiger partial charge is 0.506 e. The van der Waals surface area contributed by atoms with E-state index in [1.165, 1.54) is 17.8 Å². The van der Waals surface area contributed by atoms with Gasteiger partial charge in [0.25, 0.3) is 5.91 Å². The van der Waals surface area contributed by atoms with Gasteiger partial charge >= 0.3 is 0 Å². The number of phenols is 1. The van der Waals surface area contributed by atoms with E-state index in [-0.39, 0.29) is 16.7 Å². The minimum Gasteiger partial charge on any atom is -0.506 e. The average Bonchev–Trinajstić information content (AvgIpc) is 2.94. The molecule has 27 heavy (non-hydrogen) atoms. The van der Waals surface area contributed by atoms with E-state index in [4.69, 9.17) is 16.3 Å². The first kappa shape index (κ1) is 19.5. The lowest BCUT2D eigenvalue weighted by Gasteiger charge is -2.15. The predicted molar refractivity (Wildman–Crippen MR) is 110 cm³/mol. The molecule has 140 valence electrons. The lowest BCUT2D eigenvalue weighted by atomic mass is 10.2. The van der Waals surface area contributed by atoms with Gasteiger partial charge in [0.2, 0.25) is 0 Å². The van der Waals surface area contributed by atoms with Gasteiger partial charge in [0.1, 0.15) is 5.75 Å². The van der Waals surface area contributed by atoms with E-state index in [2.05, 4.69) is 4.99 Å². The number of carbonyl (C=O) groups excluding carboxylic acids is 1. The van der Waals surface area contributed by atoms with Gasteiger partial charge in [-0.1, -0.05) is 35.9 Å². The molecule has 1 aliphatic heterocycles. The quantitative estimate of drug-likeness (QED) is 0.562. The SMILES string of the molecule is COCCCN1C(=O)/C(=C/c2ccc(O)c(Cl)c2)SC1=Nc1ccccc1. The molecule has 2 aromatic carbocycles. The summed E-state index contributed by atoms with van der Waals surface area (Å²) in [6.07, 6.45) is 2.48. The molecule has 1 heterocycles. The maximum Gasteiger partial charge on any atom is 0.266 e. The number of methoxy groups -OCH3 is 1. The van der Waals surface area contributed by atoms with Crippen molar-refractivity contribution in [2.75, 3.05) is 20.3 Å². The number of para-hydroxylation sites is 1. The van der Waals surface area contributed by atoms with Crippen LogP contribution in [0.2, 0.25) is 5.02 Å². The summed E-state index contributed by atoms with van der Waals surface area (Å²) in [5, 5.41) is 10.4. The second-order valence-electron chi connectivity index (χ2n) is 5.85. The molecule has 0 aromatic heterocycles. The van der Waals surface area contributed by atoms with Crippen molar-refractivity contribution < 1.29 is 14.6 Å². The molecule has 7 heteroatoms. The first-order chi connectivity index (χ1) is 13.1. The van der Waals surface area contributed by atoms with Gasteiger partial charge in [0, 0.05) is 20.3 Å². The molecule has 0 atom stereocenters. The monoisotopic (exact) mass is 402 g/mol. The van der Waals surface area contributed by atoms with Crippen molar-refractivity contribution in [1.82, 2.24) is 4.90 Å². The Morgan fingerprint density at radius 2 is 2.04 bits per heavy atom. The standard InChI is InChI=1S/C20H19ClN2O3S/c1-26-11-5-10-23-19(25)18(13-14-8-9-17(24)16(21)12-14)27-20(23)22-15-6-3-2-4-7-15/h2-4,6-9,12-13,24H,5,10-11H2,1H3/b18-13-,22-20?. The normalized spacial score (nSPS) is 17.3. The average molecular weight is 403 g/mol. The number of thioether (sulfide) groups is 1. The van der Waals surface area contributed by atoms with Gasteiger partial charge < -0.3 is 9.84 Å². The Hall–Kier alpha value is -2.28. The number of hydrogen-bond acceptors (Lipinski definition) is 5. The highest BCUT2D eigenvalue weighted by Gasteiger charge is 2.33. The van der Waals surface area contributed by atoms with Crippen LogP contribution in [0.25, 0.3) is 6.08 Å². The van der Waals surface area contributed by atoms with Crippen LogP contribution in [0.5, 0.6) is 5.75 Å². The van der Waals surface area contributed by atoms with Gasteiger partial charge in [-0.15, -0.1) is 0 Å². The molecule has 0 saturated carbocycles. The first-order valence-corrected chi connectivity index (χ1v) is 9.60. The van der Waals surface area contributed by atoms with Crippen LogP contribution in [0.3, 0.4) is 0 Å². The Kier molecular flexibility index (Phi) is 6.55. The Morgan fingerprint density at radius 1 is 1.26 bits per heavy atom. The maximum atomic E-state index is 12.9. The molecule has 1 amide bonds. The number of halogens is 1. The summed E-state index contributed by atoms with van der Waals surface area (Å²) in [6, 6.07) is 14.4. The van der Waals surface area contributed by atoms with Crippen molar-refractivity contribution in [3.05, 3.63) is 64.0 Å². The fraction of sp³-hybridized carbons (Fsp3) is 0.200. The van der Waals surface area contributed by atoms with Gasteiger partial charge in [-0.05, 0) is 54.1 Å². The summed E-state index contributed by atoms with van der Waals surface area (Å²) >= 11 is 7.29. The van der Waals surface area contributed by atoms with Crippen LogP contribution >= 0.6 is 23.4 Å². The van der Waals surface area contributed by atoms with Gasteiger partial charge in [-0.2, -0.15) is 0 Å². The van der Waals surface area contributed by atoms with Crippen molar-refractivity contribution >= 4 is 46.2 Å². The van der Waals surface area contributed by atoms with E-state index >= 15 is 0 Å². The topological polar surface area (TPSA) is 62.1 Å². The highest BCUT2D eigenvalue weighted by atomic mass is 35.5. The minimum absolute atomic E-state index is 0.0109. The van der Waals surface area contributed by atoms with Gasteiger partial charge in [0.15, 0.2) is 5.17 Å². The number of aliphatic imine (C=N–C) groups is 1. The van der Waals surface area contributed by atoms with Crippen LogP contribution in [0.15, 0.2) is 58.4 Å². The molecule has 0 bridgehead atoms. The van der Waals surface area contributed by atoms with Crippen molar-refractivity contribution in [1.29, 1.82) is 0 Å². The van der Waals surface area contributed by atoms with Crippen LogP contribution < -0.4 is 0 Å². The molecule has 0 aliphatic carbocycles. The molecule has 1 saturated heterocycles. The van der Waals surface area contributed by atoms with E-state index in [9.17, 15) is 9.90 Å². The van der Waals surface area contributed by atoms with Crippen LogP contribution in [0.1, 0.15) is 12.0 Å². The second kappa shape index (κ2) is 9.08. The Morgan fingerprint density at radius 3 is 2.74 bits per heavy atom. The molecule has 1 fully saturated rings. The number of phenolic OH excluding ortho intramolecular Hbond substituents is 1. The zero-order chi connectivity index (χ0) is 19.2. The van der Waals surface area contributed by atoms with Crippen LogP contribution in [-0.2, 0) is 9.53 Å². The van der Waals surface area contributed by atoms with Gasteiger partial charge in [0.05, 0.1) is 15.6 Å². The summed E-state index contributed by atoms with van der Waals surface area (Å²) in [4.78, 5) is 19.7. The molecule has 0 unspecified atom stereocenters. The maximum absolute atomic E-state index is 12.9. The summed E-state index contributed by atoms with van der Waals surface area (Å²) in [7, 11) is 1.64. The van der Waals surface area contributed by atoms with E-state index in [1.807, 2.05) is 30.3 Å². The van der Waals surface area contributed by atoms with Gasteiger partial charge in [-0.3, -0.25) is 9.69 Å². The molecule has 3 rings (SSSR count). The number of aromatic hydroxyl groups is 1. The molecule has 0 spiro atoms. The summed E-state index contributed by atoms with van der Waals surface area (Å²) in [5.41, 5.74) is 1.53. The van der Waals surface area contributed by atoms with E-state index < -0.39 is 0 Å². The zero-order valence-corrected chi connectivity index (χ0v) is 16.3. The second-order valence-corrected chi connectivity index (χ2v) is 7.27. The fourth-order valence-electron chi connectivity index (χ4n) is 2.53. The van der Waals surface area contributed by atoms with Crippen molar-refractivity contribution in [2.45, 2.75) is 6.42 Å². The number of nitrogens with zero attached hydrogens (tertiary/aromatic N) is 2. The van der Waals surface area contributed by atoms with Crippen LogP contribution in [0.4, 0.5) is 5.69 Å². The van der Waals surface area contributed by atoms with Gasteiger partial charge in [-0.25, -0.2) is 4.99 Å². The molecular formula is C20H19ClN2O3S. The van der Waals surface area contributed by atoms with Crippen molar-refractivity contribution in [3.63, 3.8) is 0 Å². The third-order valence-corrected chi connectivity index (χ3v) is 5.18. The number of benzene rings is 2. The number of amides is 1. The van der Waals surface area contributed by atoms with Crippen LogP contribution in [0, 0.1) is 0 Å². The molecule has 1 N–H and O–H groups in total. The van der Waals surface area contributed by atoms with Crippen LogP contribution in [-0.4, -0.2) is 41.3 Å². The third kappa shape index (κ3) is 4.91. The number of amidine groups is 1. The van der Waals surface area contributed by atoms with Crippen molar-refractivity contribution in [3.8, 4) is 5.75 Å². The number of ether oxygens (including phenoxy) is 1. The summed E-state index contributed by atoms with van der Waals surface area (Å²) in [5.74, 6) is -0.0910. The zero-order valence-electron chi connectivity index (χ0n) is 14.8. The number of carbonyl (C=O) groups is 1. The highest BCUT2D eigenvalue weighted by Crippen LogP contribution is 2.35. The van der Waals surface area contributed by atoms with E-state index in [0.717, 1.165) is 17.7 Å². The lowest BCUT2D eigenvalue weighted by molar-refractivity contribution is -0.122. The summed E-state index contributed by atoms with van der Waals surface area (Å²) in [6.45, 7) is 1.10.